The highest BCUT2D eigenvalue weighted by Gasteiger charge is 2.27. The summed E-state index contributed by atoms with van der Waals surface area (Å²) in [5.41, 5.74) is 1.36. The summed E-state index contributed by atoms with van der Waals surface area (Å²) in [6, 6.07) is 3.49. The number of benzene rings is 1. The fourth-order valence-corrected chi connectivity index (χ4v) is 2.13. The molecule has 0 spiro atoms. The molecule has 1 rings (SSSR count). The van der Waals surface area contributed by atoms with Gasteiger partial charge in [0.1, 0.15) is 19.0 Å². The number of ether oxygens (including phenoxy) is 2. The molecule has 0 saturated heterocycles. The van der Waals surface area contributed by atoms with E-state index in [0.717, 1.165) is 10.0 Å². The van der Waals surface area contributed by atoms with Gasteiger partial charge in [-0.25, -0.2) is 0 Å². The Morgan fingerprint density at radius 2 is 1.95 bits per heavy atom. The molecule has 0 heterocycles. The fourth-order valence-electron chi connectivity index (χ4n) is 1.51. The van der Waals surface area contributed by atoms with Crippen LogP contribution in [0.2, 0.25) is 0 Å². The molecule has 0 radical (unpaired) electrons. The highest BCUT2D eigenvalue weighted by Crippen LogP contribution is 2.28. The van der Waals surface area contributed by atoms with Crippen LogP contribution in [-0.4, -0.2) is 31.1 Å². The van der Waals surface area contributed by atoms with Crippen LogP contribution in [0.5, 0.6) is 5.75 Å². The van der Waals surface area contributed by atoms with Gasteiger partial charge in [0.25, 0.3) is 0 Å². The summed E-state index contributed by atoms with van der Waals surface area (Å²) < 4.78 is 46.1. The Morgan fingerprint density at radius 3 is 2.53 bits per heavy atom. The molecule has 1 aromatic rings. The van der Waals surface area contributed by atoms with Crippen molar-refractivity contribution < 1.29 is 27.8 Å². The molecule has 1 N–H and O–H groups in total. The molecule has 0 aliphatic heterocycles. The number of alkyl halides is 3. The van der Waals surface area contributed by atoms with Gasteiger partial charge in [-0.05, 0) is 24.6 Å². The van der Waals surface area contributed by atoms with Crippen LogP contribution in [0.25, 0.3) is 0 Å². The minimum Gasteiger partial charge on any atom is -0.491 e. The lowest BCUT2D eigenvalue weighted by Gasteiger charge is -2.14. The number of aliphatic hydroxyl groups excluding tert-OH is 1. The van der Waals surface area contributed by atoms with E-state index in [2.05, 4.69) is 20.7 Å². The second kappa shape index (κ2) is 7.12. The largest absolute Gasteiger partial charge is 0.491 e. The Kier molecular flexibility index (Phi) is 6.09. The lowest BCUT2D eigenvalue weighted by Crippen LogP contribution is -2.19. The average Bonchev–Trinajstić information content (AvgIpc) is 2.29. The van der Waals surface area contributed by atoms with Crippen LogP contribution in [0.3, 0.4) is 0 Å². The first-order valence-electron chi connectivity index (χ1n) is 5.50. The summed E-state index contributed by atoms with van der Waals surface area (Å²) in [7, 11) is 0. The van der Waals surface area contributed by atoms with Crippen LogP contribution in [0.4, 0.5) is 13.2 Å². The molecular formula is C12H14BrF3O3. The third-order valence-electron chi connectivity index (χ3n) is 2.23. The van der Waals surface area contributed by atoms with Crippen molar-refractivity contribution >= 4 is 15.9 Å². The molecule has 0 unspecified atom stereocenters. The number of aryl methyl sites for hydroxylation is 1. The zero-order valence-electron chi connectivity index (χ0n) is 10.3. The van der Waals surface area contributed by atoms with Crippen LogP contribution in [-0.2, 0) is 11.3 Å². The Hall–Kier alpha value is -0.790. The molecule has 0 fully saturated rings. The zero-order valence-corrected chi connectivity index (χ0v) is 11.8. The Morgan fingerprint density at radius 1 is 1.26 bits per heavy atom. The van der Waals surface area contributed by atoms with Gasteiger partial charge in [-0.2, -0.15) is 13.2 Å². The van der Waals surface area contributed by atoms with E-state index in [1.54, 1.807) is 19.1 Å². The van der Waals surface area contributed by atoms with Crippen LogP contribution < -0.4 is 4.74 Å². The Bertz CT molecular complexity index is 421. The minimum atomic E-state index is -4.33. The number of rotatable bonds is 6. The van der Waals surface area contributed by atoms with Gasteiger partial charge < -0.3 is 14.6 Å². The first-order valence-corrected chi connectivity index (χ1v) is 6.30. The SMILES string of the molecule is Cc1cc(Br)cc(CO)c1OCCOCC(F)(F)F. The van der Waals surface area contributed by atoms with Crippen LogP contribution in [0.1, 0.15) is 11.1 Å². The van der Waals surface area contributed by atoms with E-state index >= 15 is 0 Å². The number of aliphatic hydroxyl groups is 1. The monoisotopic (exact) mass is 342 g/mol. The predicted octanol–water partition coefficient (Wildman–Crippen LogP) is 3.21. The molecule has 0 saturated carbocycles. The molecule has 7 heteroatoms. The maximum Gasteiger partial charge on any atom is 0.411 e. The summed E-state index contributed by atoms with van der Waals surface area (Å²) in [6.07, 6.45) is -4.33. The van der Waals surface area contributed by atoms with Crippen LogP contribution in [0, 0.1) is 6.92 Å². The van der Waals surface area contributed by atoms with Gasteiger partial charge in [0, 0.05) is 10.0 Å². The van der Waals surface area contributed by atoms with Crippen molar-refractivity contribution in [1.82, 2.24) is 0 Å². The third-order valence-corrected chi connectivity index (χ3v) is 2.68. The maximum atomic E-state index is 11.8. The highest BCUT2D eigenvalue weighted by atomic mass is 79.9. The quantitative estimate of drug-likeness (QED) is 0.807. The molecule has 1 aromatic carbocycles. The Balaban J connectivity index is 2.49. The zero-order chi connectivity index (χ0) is 14.5. The van der Waals surface area contributed by atoms with Gasteiger partial charge in [0.2, 0.25) is 0 Å². The second-order valence-corrected chi connectivity index (χ2v) is 4.80. The third kappa shape index (κ3) is 5.80. The van der Waals surface area contributed by atoms with Crippen molar-refractivity contribution in [3.05, 3.63) is 27.7 Å². The van der Waals surface area contributed by atoms with E-state index in [9.17, 15) is 18.3 Å². The fraction of sp³-hybridized carbons (Fsp3) is 0.500. The predicted molar refractivity (Wildman–Crippen MR) is 67.2 cm³/mol. The van der Waals surface area contributed by atoms with Gasteiger partial charge in [-0.3, -0.25) is 0 Å². The van der Waals surface area contributed by atoms with Gasteiger partial charge in [0.05, 0.1) is 13.2 Å². The summed E-state index contributed by atoms with van der Waals surface area (Å²) in [5.74, 6) is 0.473. The lowest BCUT2D eigenvalue weighted by molar-refractivity contribution is -0.175. The van der Waals surface area contributed by atoms with Gasteiger partial charge >= 0.3 is 6.18 Å². The number of halogens is 4. The van der Waals surface area contributed by atoms with Crippen molar-refractivity contribution in [1.29, 1.82) is 0 Å². The van der Waals surface area contributed by atoms with Crippen molar-refractivity contribution in [2.75, 3.05) is 19.8 Å². The van der Waals surface area contributed by atoms with E-state index < -0.39 is 12.8 Å². The van der Waals surface area contributed by atoms with Crippen molar-refractivity contribution in [2.45, 2.75) is 19.7 Å². The van der Waals surface area contributed by atoms with Crippen molar-refractivity contribution in [2.24, 2.45) is 0 Å². The Labute approximate surface area is 117 Å². The molecule has 3 nitrogen and oxygen atoms in total. The normalized spacial score (nSPS) is 11.7. The molecule has 108 valence electrons. The molecule has 0 aromatic heterocycles. The van der Waals surface area contributed by atoms with E-state index in [1.165, 1.54) is 0 Å². The molecule has 0 bridgehead atoms. The number of hydrogen-bond donors (Lipinski definition) is 1. The first-order chi connectivity index (χ1) is 8.83. The van der Waals surface area contributed by atoms with E-state index in [4.69, 9.17) is 4.74 Å². The molecule has 19 heavy (non-hydrogen) atoms. The van der Waals surface area contributed by atoms with Gasteiger partial charge in [-0.1, -0.05) is 15.9 Å². The smallest absolute Gasteiger partial charge is 0.411 e. The highest BCUT2D eigenvalue weighted by molar-refractivity contribution is 9.10. The average molecular weight is 343 g/mol. The van der Waals surface area contributed by atoms with E-state index in [0.29, 0.717) is 11.3 Å². The first kappa shape index (κ1) is 16.3. The minimum absolute atomic E-state index is 0.00838. The van der Waals surface area contributed by atoms with Gasteiger partial charge in [-0.15, -0.1) is 0 Å². The van der Waals surface area contributed by atoms with Gasteiger partial charge in [0.15, 0.2) is 0 Å². The van der Waals surface area contributed by atoms with Crippen LogP contribution >= 0.6 is 15.9 Å². The second-order valence-electron chi connectivity index (χ2n) is 3.89. The van der Waals surface area contributed by atoms with Crippen molar-refractivity contribution in [3.8, 4) is 5.75 Å². The lowest BCUT2D eigenvalue weighted by atomic mass is 10.1. The summed E-state index contributed by atoms with van der Waals surface area (Å²) in [5, 5.41) is 9.20. The molecule has 0 amide bonds. The maximum absolute atomic E-state index is 11.8. The number of hydrogen-bond acceptors (Lipinski definition) is 3. The van der Waals surface area contributed by atoms with E-state index in [1.807, 2.05) is 0 Å². The topological polar surface area (TPSA) is 38.7 Å². The summed E-state index contributed by atoms with van der Waals surface area (Å²) >= 11 is 3.29. The summed E-state index contributed by atoms with van der Waals surface area (Å²) in [4.78, 5) is 0. The standard InChI is InChI=1S/C12H14BrF3O3/c1-8-4-10(13)5-9(6-17)11(8)19-3-2-18-7-12(14,15)16/h4-5,17H,2-3,6-7H2,1H3. The summed E-state index contributed by atoms with van der Waals surface area (Å²) in [6.45, 7) is 0.114. The molecule has 0 aliphatic rings. The van der Waals surface area contributed by atoms with Crippen molar-refractivity contribution in [3.63, 3.8) is 0 Å². The molecule has 0 aliphatic carbocycles. The van der Waals surface area contributed by atoms with Crippen LogP contribution in [0.15, 0.2) is 16.6 Å². The van der Waals surface area contributed by atoms with E-state index in [-0.39, 0.29) is 19.8 Å². The molecule has 0 atom stereocenters. The molecular weight excluding hydrogens is 329 g/mol.